The van der Waals surface area contributed by atoms with Gasteiger partial charge in [0.05, 0.1) is 0 Å². The highest BCUT2D eigenvalue weighted by Crippen LogP contribution is 2.21. The van der Waals surface area contributed by atoms with Gasteiger partial charge >= 0.3 is 5.97 Å². The number of carbonyl (C=O) groups is 4. The Morgan fingerprint density at radius 3 is 2.23 bits per heavy atom. The van der Waals surface area contributed by atoms with Crippen molar-refractivity contribution in [2.24, 2.45) is 0 Å². The highest BCUT2D eigenvalue weighted by atomic mass is 16.4. The third kappa shape index (κ3) is 6.92. The van der Waals surface area contributed by atoms with E-state index < -0.39 is 17.9 Å². The van der Waals surface area contributed by atoms with Crippen LogP contribution in [0.1, 0.15) is 42.5 Å². The summed E-state index contributed by atoms with van der Waals surface area (Å²) in [5, 5.41) is 17.0. The molecule has 0 spiro atoms. The molecule has 4 N–H and O–H groups in total. The Bertz CT molecular complexity index is 687. The first kappa shape index (κ1) is 21.1. The molecular weight excluding hydrogens is 338 g/mol. The van der Waals surface area contributed by atoms with E-state index in [0.717, 1.165) is 11.1 Å². The number of carbonyl (C=O) groups excluding carboxylic acids is 3. The Kier molecular flexibility index (Phi) is 8.27. The van der Waals surface area contributed by atoms with Crippen LogP contribution in [0.15, 0.2) is 18.2 Å². The average Bonchev–Trinajstić information content (AvgIpc) is 2.57. The van der Waals surface area contributed by atoms with Gasteiger partial charge in [0.1, 0.15) is 0 Å². The van der Waals surface area contributed by atoms with E-state index >= 15 is 0 Å². The predicted octanol–water partition coefficient (Wildman–Crippen LogP) is 0.578. The van der Waals surface area contributed by atoms with Gasteiger partial charge in [0.15, 0.2) is 6.04 Å². The van der Waals surface area contributed by atoms with Crippen LogP contribution >= 0.6 is 0 Å². The predicted molar refractivity (Wildman–Crippen MR) is 95.4 cm³/mol. The number of aliphatic carboxylic acids is 1. The molecule has 8 heteroatoms. The lowest BCUT2D eigenvalue weighted by atomic mass is 9.97. The van der Waals surface area contributed by atoms with Gasteiger partial charge in [-0.2, -0.15) is 0 Å². The van der Waals surface area contributed by atoms with Crippen molar-refractivity contribution in [3.8, 4) is 0 Å². The first-order valence-electron chi connectivity index (χ1n) is 8.31. The van der Waals surface area contributed by atoms with Crippen molar-refractivity contribution in [3.63, 3.8) is 0 Å². The summed E-state index contributed by atoms with van der Waals surface area (Å²) in [4.78, 5) is 45.9. The number of carboxylic acids is 1. The quantitative estimate of drug-likeness (QED) is 0.478. The topological polar surface area (TPSA) is 125 Å². The van der Waals surface area contributed by atoms with Crippen LogP contribution < -0.4 is 16.0 Å². The van der Waals surface area contributed by atoms with Gasteiger partial charge in [0.25, 0.3) is 0 Å². The van der Waals surface area contributed by atoms with Crippen LogP contribution in [0.5, 0.6) is 0 Å². The van der Waals surface area contributed by atoms with Crippen LogP contribution in [0.25, 0.3) is 0 Å². The number of aryl methyl sites for hydroxylation is 1. The van der Waals surface area contributed by atoms with Crippen LogP contribution in [-0.4, -0.2) is 41.9 Å². The first-order chi connectivity index (χ1) is 12.2. The summed E-state index contributed by atoms with van der Waals surface area (Å²) in [7, 11) is 0. The highest BCUT2D eigenvalue weighted by Gasteiger charge is 2.24. The van der Waals surface area contributed by atoms with Crippen LogP contribution in [0.3, 0.4) is 0 Å². The summed E-state index contributed by atoms with van der Waals surface area (Å²) in [6.45, 7) is 5.61. The number of carboxylic acid groups (broad SMARTS) is 1. The molecule has 1 aromatic carbocycles. The number of nitrogens with one attached hydrogen (secondary N) is 3. The fourth-order valence-electron chi connectivity index (χ4n) is 2.35. The molecule has 1 atom stereocenters. The largest absolute Gasteiger partial charge is 0.479 e. The van der Waals surface area contributed by atoms with Crippen molar-refractivity contribution in [1.29, 1.82) is 0 Å². The van der Waals surface area contributed by atoms with E-state index in [4.69, 9.17) is 0 Å². The van der Waals surface area contributed by atoms with Crippen LogP contribution in [0.4, 0.5) is 0 Å². The average molecular weight is 363 g/mol. The van der Waals surface area contributed by atoms with Crippen molar-refractivity contribution in [2.75, 3.05) is 13.1 Å². The molecule has 1 rings (SSSR count). The molecule has 0 heterocycles. The van der Waals surface area contributed by atoms with E-state index in [1.54, 1.807) is 19.1 Å². The Morgan fingerprint density at radius 2 is 1.62 bits per heavy atom. The van der Waals surface area contributed by atoms with Crippen molar-refractivity contribution in [3.05, 3.63) is 34.9 Å². The van der Waals surface area contributed by atoms with Gasteiger partial charge in [-0.25, -0.2) is 4.79 Å². The lowest BCUT2D eigenvalue weighted by Gasteiger charge is -2.18. The molecule has 8 nitrogen and oxygen atoms in total. The summed E-state index contributed by atoms with van der Waals surface area (Å²) in [5.74, 6) is -2.21. The number of benzene rings is 1. The van der Waals surface area contributed by atoms with Gasteiger partial charge in [-0.1, -0.05) is 18.2 Å². The van der Waals surface area contributed by atoms with Crippen molar-refractivity contribution in [2.45, 2.75) is 39.7 Å². The van der Waals surface area contributed by atoms with E-state index in [1.807, 2.05) is 13.0 Å². The van der Waals surface area contributed by atoms with Gasteiger partial charge in [-0.15, -0.1) is 0 Å². The standard InChI is InChI=1S/C18H25N3O5/c1-11-5-4-6-14(12(11)2)17(18(25)26)21-16(24)8-7-15(23)20-10-9-19-13(3)22/h4-6,17H,7-10H2,1-3H3,(H,19,22)(H,20,23)(H,21,24)(H,25,26). The third-order valence-electron chi connectivity index (χ3n) is 3.91. The molecule has 0 aliphatic heterocycles. The Labute approximate surface area is 152 Å². The zero-order valence-corrected chi connectivity index (χ0v) is 15.2. The molecule has 26 heavy (non-hydrogen) atoms. The minimum atomic E-state index is -1.16. The summed E-state index contributed by atoms with van der Waals surface area (Å²) in [6.07, 6.45) is -0.189. The molecule has 0 aliphatic rings. The fraction of sp³-hybridized carbons (Fsp3) is 0.444. The third-order valence-corrected chi connectivity index (χ3v) is 3.91. The van der Waals surface area contributed by atoms with Crippen molar-refractivity contribution < 1.29 is 24.3 Å². The Hall–Kier alpha value is -2.90. The molecule has 0 saturated carbocycles. The van der Waals surface area contributed by atoms with Crippen LogP contribution in [-0.2, 0) is 19.2 Å². The maximum atomic E-state index is 12.0. The Morgan fingerprint density at radius 1 is 1.00 bits per heavy atom. The molecular formula is C18H25N3O5. The highest BCUT2D eigenvalue weighted by molar-refractivity contribution is 5.87. The molecule has 1 aromatic rings. The molecule has 1 unspecified atom stereocenters. The van der Waals surface area contributed by atoms with E-state index in [9.17, 15) is 24.3 Å². The maximum absolute atomic E-state index is 12.0. The lowest BCUT2D eigenvalue weighted by Crippen LogP contribution is -2.36. The maximum Gasteiger partial charge on any atom is 0.330 e. The smallest absolute Gasteiger partial charge is 0.330 e. The number of hydrogen-bond acceptors (Lipinski definition) is 4. The number of amides is 3. The molecule has 0 aliphatic carbocycles. The number of hydrogen-bond donors (Lipinski definition) is 4. The molecule has 3 amide bonds. The zero-order chi connectivity index (χ0) is 19.7. The molecule has 0 fully saturated rings. The van der Waals surface area contributed by atoms with Gasteiger partial charge in [-0.3, -0.25) is 14.4 Å². The second-order valence-electron chi connectivity index (χ2n) is 5.96. The zero-order valence-electron chi connectivity index (χ0n) is 15.2. The molecule has 0 radical (unpaired) electrons. The minimum absolute atomic E-state index is 0.0644. The van der Waals surface area contributed by atoms with Gasteiger partial charge in [0, 0.05) is 32.9 Å². The Balaban J connectivity index is 2.53. The molecule has 0 bridgehead atoms. The minimum Gasteiger partial charge on any atom is -0.479 e. The van der Waals surface area contributed by atoms with Gasteiger partial charge in [0.2, 0.25) is 17.7 Å². The van der Waals surface area contributed by atoms with Crippen molar-refractivity contribution >= 4 is 23.7 Å². The second kappa shape index (κ2) is 10.2. The monoisotopic (exact) mass is 363 g/mol. The van der Waals surface area contributed by atoms with E-state index in [2.05, 4.69) is 16.0 Å². The normalized spacial score (nSPS) is 11.3. The summed E-state index contributed by atoms with van der Waals surface area (Å²) in [6, 6.07) is 4.11. The van der Waals surface area contributed by atoms with Gasteiger partial charge < -0.3 is 21.1 Å². The second-order valence-corrected chi connectivity index (χ2v) is 5.96. The summed E-state index contributed by atoms with van der Waals surface area (Å²) in [5.41, 5.74) is 2.25. The number of rotatable bonds is 9. The van der Waals surface area contributed by atoms with Gasteiger partial charge in [-0.05, 0) is 30.5 Å². The lowest BCUT2D eigenvalue weighted by molar-refractivity contribution is -0.142. The van der Waals surface area contributed by atoms with Crippen LogP contribution in [0, 0.1) is 13.8 Å². The van der Waals surface area contributed by atoms with Crippen LogP contribution in [0.2, 0.25) is 0 Å². The molecule has 142 valence electrons. The molecule has 0 aromatic heterocycles. The SMILES string of the molecule is CC(=O)NCCNC(=O)CCC(=O)NC(C(=O)O)c1cccc(C)c1C. The van der Waals surface area contributed by atoms with E-state index in [1.165, 1.54) is 6.92 Å². The first-order valence-corrected chi connectivity index (χ1v) is 8.31. The van der Waals surface area contributed by atoms with E-state index in [0.29, 0.717) is 12.1 Å². The fourth-order valence-corrected chi connectivity index (χ4v) is 2.35. The van der Waals surface area contributed by atoms with Crippen molar-refractivity contribution in [1.82, 2.24) is 16.0 Å². The summed E-state index contributed by atoms with van der Waals surface area (Å²) < 4.78 is 0. The summed E-state index contributed by atoms with van der Waals surface area (Å²) >= 11 is 0. The van der Waals surface area contributed by atoms with E-state index in [-0.39, 0.29) is 31.2 Å². The molecule has 0 saturated heterocycles.